The summed E-state index contributed by atoms with van der Waals surface area (Å²) in [7, 11) is 0. The van der Waals surface area contributed by atoms with Gasteiger partial charge in [0.1, 0.15) is 5.76 Å². The number of rotatable bonds is 0. The van der Waals surface area contributed by atoms with Crippen LogP contribution in [0.1, 0.15) is 12.8 Å². The first kappa shape index (κ1) is 8.51. The fourth-order valence-electron chi connectivity index (χ4n) is 1.43. The lowest BCUT2D eigenvalue weighted by Gasteiger charge is -2.27. The largest absolute Gasteiger partial charge is 0.512 e. The van der Waals surface area contributed by atoms with Crippen molar-refractivity contribution in [2.75, 3.05) is 11.5 Å². The maximum absolute atomic E-state index is 11.4. The third-order valence-corrected chi connectivity index (χ3v) is 4.83. The summed E-state index contributed by atoms with van der Waals surface area (Å²) < 4.78 is 0.222. The van der Waals surface area contributed by atoms with Crippen molar-refractivity contribution < 1.29 is 9.90 Å². The maximum Gasteiger partial charge on any atom is 0.165 e. The normalized spacial score (nSPS) is 30.3. The lowest BCUT2D eigenvalue weighted by molar-refractivity contribution is -0.115. The van der Waals surface area contributed by atoms with E-state index < -0.39 is 0 Å². The van der Waals surface area contributed by atoms with Crippen LogP contribution in [-0.4, -0.2) is 27.0 Å². The molecular formula is C8H10O2S2. The van der Waals surface area contributed by atoms with Gasteiger partial charge >= 0.3 is 0 Å². The molecule has 0 bridgehead atoms. The standard InChI is InChI=1S/C8H10O2S2/c9-5-1-3-11-8-7(5)6(10)2-4-12-8/h8-9H,1-4H2/t8-/m0/s1. The summed E-state index contributed by atoms with van der Waals surface area (Å²) in [6.07, 6.45) is 1.27. The van der Waals surface area contributed by atoms with Crippen LogP contribution in [0.4, 0.5) is 0 Å². The number of thioether (sulfide) groups is 2. The molecule has 0 radical (unpaired) electrons. The van der Waals surface area contributed by atoms with E-state index in [0.717, 1.165) is 11.5 Å². The van der Waals surface area contributed by atoms with Gasteiger partial charge in [-0.3, -0.25) is 4.79 Å². The van der Waals surface area contributed by atoms with Crippen LogP contribution < -0.4 is 0 Å². The molecule has 0 aromatic heterocycles. The summed E-state index contributed by atoms with van der Waals surface area (Å²) in [4.78, 5) is 11.4. The minimum absolute atomic E-state index is 0.156. The molecule has 66 valence electrons. The van der Waals surface area contributed by atoms with E-state index >= 15 is 0 Å². The first-order valence-electron chi connectivity index (χ1n) is 3.97. The zero-order chi connectivity index (χ0) is 8.55. The predicted octanol–water partition coefficient (Wildman–Crippen LogP) is 1.97. The minimum atomic E-state index is 0.156. The Bertz CT molecular complexity index is 247. The van der Waals surface area contributed by atoms with Crippen molar-refractivity contribution in [3.8, 4) is 0 Å². The van der Waals surface area contributed by atoms with E-state index in [1.165, 1.54) is 0 Å². The van der Waals surface area contributed by atoms with Gasteiger partial charge in [-0.2, -0.15) is 0 Å². The van der Waals surface area contributed by atoms with Crippen molar-refractivity contribution in [1.29, 1.82) is 0 Å². The maximum atomic E-state index is 11.4. The molecule has 1 fully saturated rings. The Kier molecular flexibility index (Phi) is 2.37. The number of aliphatic hydroxyl groups excluding tert-OH is 1. The van der Waals surface area contributed by atoms with Gasteiger partial charge in [0.25, 0.3) is 0 Å². The molecule has 0 unspecified atom stereocenters. The highest BCUT2D eigenvalue weighted by molar-refractivity contribution is 8.17. The summed E-state index contributed by atoms with van der Waals surface area (Å²) in [5.74, 6) is 2.35. The number of aliphatic hydroxyl groups is 1. The van der Waals surface area contributed by atoms with Crippen molar-refractivity contribution >= 4 is 29.3 Å². The molecule has 1 saturated heterocycles. The summed E-state index contributed by atoms with van der Waals surface area (Å²) >= 11 is 3.56. The van der Waals surface area contributed by atoms with Crippen molar-refractivity contribution in [2.45, 2.75) is 17.4 Å². The number of Topliss-reactive ketones (excluding diaryl/α,β-unsaturated/α-hetero) is 1. The van der Waals surface area contributed by atoms with E-state index in [1.54, 1.807) is 23.5 Å². The van der Waals surface area contributed by atoms with Crippen LogP contribution in [0.5, 0.6) is 0 Å². The van der Waals surface area contributed by atoms with Crippen LogP contribution in [-0.2, 0) is 4.79 Å². The van der Waals surface area contributed by atoms with Crippen LogP contribution in [0.3, 0.4) is 0 Å². The molecule has 4 heteroatoms. The first-order valence-corrected chi connectivity index (χ1v) is 6.07. The van der Waals surface area contributed by atoms with Crippen molar-refractivity contribution in [3.05, 3.63) is 11.3 Å². The highest BCUT2D eigenvalue weighted by Crippen LogP contribution is 2.41. The van der Waals surface area contributed by atoms with Gasteiger partial charge < -0.3 is 5.11 Å². The summed E-state index contributed by atoms with van der Waals surface area (Å²) in [5.41, 5.74) is 0.697. The fourth-order valence-corrected chi connectivity index (χ4v) is 4.31. The molecule has 2 rings (SSSR count). The first-order chi connectivity index (χ1) is 5.79. The van der Waals surface area contributed by atoms with E-state index in [1.807, 2.05) is 0 Å². The monoisotopic (exact) mass is 202 g/mol. The van der Waals surface area contributed by atoms with Crippen LogP contribution in [0.2, 0.25) is 0 Å². The third kappa shape index (κ3) is 1.38. The quantitative estimate of drug-likeness (QED) is 0.651. The van der Waals surface area contributed by atoms with E-state index in [2.05, 4.69) is 0 Å². The van der Waals surface area contributed by atoms with Crippen LogP contribution in [0.15, 0.2) is 11.3 Å². The van der Waals surface area contributed by atoms with E-state index in [9.17, 15) is 9.90 Å². The van der Waals surface area contributed by atoms with Gasteiger partial charge in [0.15, 0.2) is 5.78 Å². The number of carbonyl (C=O) groups is 1. The molecule has 0 aromatic carbocycles. The Morgan fingerprint density at radius 1 is 1.25 bits per heavy atom. The molecule has 0 aliphatic carbocycles. The fraction of sp³-hybridized carbons (Fsp3) is 0.625. The summed E-state index contributed by atoms with van der Waals surface area (Å²) in [6, 6.07) is 0. The molecule has 1 N–H and O–H groups in total. The predicted molar refractivity (Wildman–Crippen MR) is 52.6 cm³/mol. The number of hydrogen-bond acceptors (Lipinski definition) is 4. The smallest absolute Gasteiger partial charge is 0.165 e. The Labute approximate surface area is 79.8 Å². The van der Waals surface area contributed by atoms with Gasteiger partial charge in [-0.1, -0.05) is 0 Å². The Balaban J connectivity index is 2.32. The number of allylic oxidation sites excluding steroid dienone is 1. The zero-order valence-electron chi connectivity index (χ0n) is 6.58. The Morgan fingerprint density at radius 3 is 2.58 bits per heavy atom. The second kappa shape index (κ2) is 3.34. The molecule has 0 saturated carbocycles. The molecule has 12 heavy (non-hydrogen) atoms. The minimum Gasteiger partial charge on any atom is -0.512 e. The average Bonchev–Trinajstić information content (AvgIpc) is 2.04. The molecule has 2 aliphatic heterocycles. The molecule has 0 aromatic rings. The molecule has 0 amide bonds. The van der Waals surface area contributed by atoms with Gasteiger partial charge in [0.2, 0.25) is 0 Å². The average molecular weight is 202 g/mol. The molecule has 2 aliphatic rings. The highest BCUT2D eigenvalue weighted by Gasteiger charge is 2.32. The van der Waals surface area contributed by atoms with Gasteiger partial charge in [-0.05, 0) is 0 Å². The van der Waals surface area contributed by atoms with E-state index in [-0.39, 0.29) is 10.4 Å². The van der Waals surface area contributed by atoms with Gasteiger partial charge in [-0.15, -0.1) is 23.5 Å². The van der Waals surface area contributed by atoms with Crippen molar-refractivity contribution in [2.24, 2.45) is 0 Å². The Hall–Kier alpha value is -0.0900. The van der Waals surface area contributed by atoms with E-state index in [4.69, 9.17) is 0 Å². The molecule has 0 spiro atoms. The SMILES string of the molecule is O=C1CCS[C@@H]2SCCC(O)=C12. The van der Waals surface area contributed by atoms with Gasteiger partial charge in [0.05, 0.1) is 10.2 Å². The zero-order valence-corrected chi connectivity index (χ0v) is 8.21. The number of carbonyl (C=O) groups excluding carboxylic acids is 1. The summed E-state index contributed by atoms with van der Waals surface area (Å²) in [6.45, 7) is 0. The van der Waals surface area contributed by atoms with Crippen molar-refractivity contribution in [3.63, 3.8) is 0 Å². The molecule has 2 nitrogen and oxygen atoms in total. The van der Waals surface area contributed by atoms with E-state index in [0.29, 0.717) is 24.2 Å². The van der Waals surface area contributed by atoms with Gasteiger partial charge in [0, 0.05) is 24.3 Å². The third-order valence-electron chi connectivity index (χ3n) is 2.05. The summed E-state index contributed by atoms with van der Waals surface area (Å²) in [5, 5.41) is 9.51. The highest BCUT2D eigenvalue weighted by atomic mass is 32.2. The van der Waals surface area contributed by atoms with Crippen LogP contribution in [0, 0.1) is 0 Å². The van der Waals surface area contributed by atoms with Crippen molar-refractivity contribution in [1.82, 2.24) is 0 Å². The molecule has 2 heterocycles. The van der Waals surface area contributed by atoms with Gasteiger partial charge in [-0.25, -0.2) is 0 Å². The molecule has 1 atom stereocenters. The number of fused-ring (bicyclic) bond motifs is 1. The molecular weight excluding hydrogens is 192 g/mol. The topological polar surface area (TPSA) is 37.3 Å². The Morgan fingerprint density at radius 2 is 1.92 bits per heavy atom. The number of hydrogen-bond donors (Lipinski definition) is 1. The lowest BCUT2D eigenvalue weighted by Crippen LogP contribution is -2.24. The van der Waals surface area contributed by atoms with Crippen LogP contribution in [0.25, 0.3) is 0 Å². The second-order valence-electron chi connectivity index (χ2n) is 2.86. The lowest BCUT2D eigenvalue weighted by atomic mass is 10.1. The number of ketones is 1. The van der Waals surface area contributed by atoms with Crippen LogP contribution >= 0.6 is 23.5 Å². The second-order valence-corrected chi connectivity index (χ2v) is 5.58.